The van der Waals surface area contributed by atoms with Gasteiger partial charge in [0.05, 0.1) is 11.4 Å². The number of nitrogens with zero attached hydrogens (tertiary/aromatic N) is 2. The summed E-state index contributed by atoms with van der Waals surface area (Å²) >= 11 is 0. The van der Waals surface area contributed by atoms with E-state index in [1.807, 2.05) is 0 Å². The maximum atomic E-state index is 4.81. The summed E-state index contributed by atoms with van der Waals surface area (Å²) in [6.45, 7) is 6.33. The van der Waals surface area contributed by atoms with Crippen LogP contribution in [0.3, 0.4) is 0 Å². The molecule has 0 radical (unpaired) electrons. The van der Waals surface area contributed by atoms with Gasteiger partial charge in [-0.15, -0.1) is 0 Å². The molecule has 1 saturated carbocycles. The first-order chi connectivity index (χ1) is 9.86. The Kier molecular flexibility index (Phi) is 4.69. The number of nitrogens with one attached hydrogen (secondary N) is 1. The van der Waals surface area contributed by atoms with Gasteiger partial charge < -0.3 is 5.32 Å². The lowest BCUT2D eigenvalue weighted by molar-refractivity contribution is 0.104. The third kappa shape index (κ3) is 3.21. The fourth-order valence-corrected chi connectivity index (χ4v) is 3.93. The van der Waals surface area contributed by atoms with E-state index in [0.29, 0.717) is 0 Å². The maximum absolute atomic E-state index is 4.81. The number of pyridine rings is 1. The van der Waals surface area contributed by atoms with Crippen molar-refractivity contribution in [3.05, 3.63) is 29.6 Å². The highest BCUT2D eigenvalue weighted by atomic mass is 15.2. The van der Waals surface area contributed by atoms with Crippen molar-refractivity contribution in [3.63, 3.8) is 0 Å². The Morgan fingerprint density at radius 3 is 2.95 bits per heavy atom. The fraction of sp³-hybridized carbons (Fsp3) is 0.706. The molecular formula is C17H27N3. The van der Waals surface area contributed by atoms with Crippen molar-refractivity contribution in [1.29, 1.82) is 0 Å². The number of fused-ring (bicyclic) bond motifs is 1. The Labute approximate surface area is 122 Å². The fourth-order valence-electron chi connectivity index (χ4n) is 3.93. The zero-order chi connectivity index (χ0) is 13.8. The Morgan fingerprint density at radius 1 is 1.20 bits per heavy atom. The van der Waals surface area contributed by atoms with E-state index < -0.39 is 0 Å². The molecule has 2 aliphatic rings. The van der Waals surface area contributed by atoms with E-state index in [0.717, 1.165) is 31.6 Å². The van der Waals surface area contributed by atoms with Crippen LogP contribution in [0.15, 0.2) is 18.2 Å². The minimum atomic E-state index is 0.836. The highest BCUT2D eigenvalue weighted by Gasteiger charge is 2.34. The normalized spacial score (nSPS) is 26.6. The van der Waals surface area contributed by atoms with Crippen molar-refractivity contribution in [2.45, 2.75) is 58.2 Å². The minimum Gasteiger partial charge on any atom is -0.311 e. The van der Waals surface area contributed by atoms with Gasteiger partial charge in [-0.1, -0.05) is 19.4 Å². The molecule has 0 bridgehead atoms. The van der Waals surface area contributed by atoms with E-state index in [2.05, 4.69) is 35.3 Å². The van der Waals surface area contributed by atoms with Crippen molar-refractivity contribution in [1.82, 2.24) is 15.2 Å². The molecule has 110 valence electrons. The van der Waals surface area contributed by atoms with Gasteiger partial charge in [0.2, 0.25) is 0 Å². The highest BCUT2D eigenvalue weighted by Crippen LogP contribution is 2.37. The third-order valence-electron chi connectivity index (χ3n) is 4.89. The zero-order valence-electron chi connectivity index (χ0n) is 12.6. The number of hydrogen-bond acceptors (Lipinski definition) is 3. The average Bonchev–Trinajstić information content (AvgIpc) is 2.95. The molecule has 2 fully saturated rings. The summed E-state index contributed by atoms with van der Waals surface area (Å²) in [5, 5.41) is 3.36. The number of rotatable bonds is 5. The topological polar surface area (TPSA) is 28.2 Å². The summed E-state index contributed by atoms with van der Waals surface area (Å²) < 4.78 is 0. The van der Waals surface area contributed by atoms with Crippen LogP contribution < -0.4 is 5.32 Å². The van der Waals surface area contributed by atoms with Gasteiger partial charge in [-0.2, -0.15) is 0 Å². The summed E-state index contributed by atoms with van der Waals surface area (Å²) in [7, 11) is 0. The lowest BCUT2D eigenvalue weighted by Gasteiger charge is -2.37. The van der Waals surface area contributed by atoms with Crippen molar-refractivity contribution in [2.75, 3.05) is 13.1 Å². The molecule has 20 heavy (non-hydrogen) atoms. The molecule has 0 aromatic carbocycles. The van der Waals surface area contributed by atoms with Crippen LogP contribution in [0.2, 0.25) is 0 Å². The average molecular weight is 273 g/mol. The Hall–Kier alpha value is -0.930. The summed E-state index contributed by atoms with van der Waals surface area (Å²) in [5.41, 5.74) is 2.41. The van der Waals surface area contributed by atoms with Crippen molar-refractivity contribution in [2.24, 2.45) is 5.92 Å². The zero-order valence-corrected chi connectivity index (χ0v) is 12.6. The molecule has 1 saturated heterocycles. The number of piperidine rings is 1. The third-order valence-corrected chi connectivity index (χ3v) is 4.89. The largest absolute Gasteiger partial charge is 0.311 e. The quantitative estimate of drug-likeness (QED) is 0.894. The van der Waals surface area contributed by atoms with E-state index in [9.17, 15) is 0 Å². The van der Waals surface area contributed by atoms with E-state index >= 15 is 0 Å². The Balaban J connectivity index is 1.64. The van der Waals surface area contributed by atoms with Gasteiger partial charge in [0.1, 0.15) is 0 Å². The van der Waals surface area contributed by atoms with E-state index in [-0.39, 0.29) is 0 Å². The minimum absolute atomic E-state index is 0.836. The van der Waals surface area contributed by atoms with Gasteiger partial charge in [-0.25, -0.2) is 0 Å². The SMILES string of the molecule is CCNCc1cccc(CN2CCCC3CCCC32)n1. The monoisotopic (exact) mass is 273 g/mol. The van der Waals surface area contributed by atoms with Crippen LogP contribution in [0, 0.1) is 5.92 Å². The smallest absolute Gasteiger partial charge is 0.0547 e. The van der Waals surface area contributed by atoms with Crippen LogP contribution in [0.4, 0.5) is 0 Å². The number of aromatic nitrogens is 1. The molecule has 2 atom stereocenters. The van der Waals surface area contributed by atoms with Crippen LogP contribution in [0.25, 0.3) is 0 Å². The van der Waals surface area contributed by atoms with Crippen LogP contribution in [-0.2, 0) is 13.1 Å². The van der Waals surface area contributed by atoms with Gasteiger partial charge in [0.15, 0.2) is 0 Å². The molecule has 1 aromatic heterocycles. The molecular weight excluding hydrogens is 246 g/mol. The second-order valence-corrected chi connectivity index (χ2v) is 6.27. The molecule has 3 heteroatoms. The van der Waals surface area contributed by atoms with Crippen molar-refractivity contribution >= 4 is 0 Å². The van der Waals surface area contributed by atoms with Crippen LogP contribution >= 0.6 is 0 Å². The molecule has 2 unspecified atom stereocenters. The van der Waals surface area contributed by atoms with Gasteiger partial charge >= 0.3 is 0 Å². The molecule has 3 nitrogen and oxygen atoms in total. The second kappa shape index (κ2) is 6.68. The first-order valence-corrected chi connectivity index (χ1v) is 8.26. The Bertz CT molecular complexity index is 432. The van der Waals surface area contributed by atoms with Gasteiger partial charge in [0.25, 0.3) is 0 Å². The molecule has 0 amide bonds. The Morgan fingerprint density at radius 2 is 2.05 bits per heavy atom. The van der Waals surface area contributed by atoms with Gasteiger partial charge in [0, 0.05) is 19.1 Å². The molecule has 3 rings (SSSR count). The number of hydrogen-bond donors (Lipinski definition) is 1. The lowest BCUT2D eigenvalue weighted by atomic mass is 9.92. The van der Waals surface area contributed by atoms with Crippen LogP contribution in [-0.4, -0.2) is 29.0 Å². The van der Waals surface area contributed by atoms with E-state index in [4.69, 9.17) is 4.98 Å². The summed E-state index contributed by atoms with van der Waals surface area (Å²) in [5.74, 6) is 0.966. The first kappa shape index (κ1) is 14.0. The summed E-state index contributed by atoms with van der Waals surface area (Å²) in [6, 6.07) is 7.31. The molecule has 1 aliphatic heterocycles. The maximum Gasteiger partial charge on any atom is 0.0547 e. The predicted octanol–water partition coefficient (Wildman–Crippen LogP) is 2.96. The molecule has 1 N–H and O–H groups in total. The van der Waals surface area contributed by atoms with Gasteiger partial charge in [-0.3, -0.25) is 9.88 Å². The van der Waals surface area contributed by atoms with E-state index in [1.54, 1.807) is 0 Å². The van der Waals surface area contributed by atoms with Crippen molar-refractivity contribution < 1.29 is 0 Å². The standard InChI is InChI=1S/C17H27N3/c1-2-18-12-15-8-4-9-16(19-15)13-20-11-5-7-14-6-3-10-17(14)20/h4,8-9,14,17-18H,2-3,5-7,10-13H2,1H3. The van der Waals surface area contributed by atoms with Gasteiger partial charge in [-0.05, 0) is 56.8 Å². The summed E-state index contributed by atoms with van der Waals surface area (Å²) in [6.07, 6.45) is 7.11. The van der Waals surface area contributed by atoms with Crippen molar-refractivity contribution in [3.8, 4) is 0 Å². The lowest BCUT2D eigenvalue weighted by Crippen LogP contribution is -2.42. The molecule has 1 aromatic rings. The second-order valence-electron chi connectivity index (χ2n) is 6.27. The van der Waals surface area contributed by atoms with E-state index in [1.165, 1.54) is 50.0 Å². The van der Waals surface area contributed by atoms with Crippen LogP contribution in [0.5, 0.6) is 0 Å². The number of likely N-dealkylation sites (tertiary alicyclic amines) is 1. The molecule has 2 heterocycles. The molecule has 0 spiro atoms. The molecule has 1 aliphatic carbocycles. The summed E-state index contributed by atoms with van der Waals surface area (Å²) in [4.78, 5) is 7.51. The first-order valence-electron chi connectivity index (χ1n) is 8.26. The van der Waals surface area contributed by atoms with Crippen LogP contribution in [0.1, 0.15) is 50.4 Å². The highest BCUT2D eigenvalue weighted by molar-refractivity contribution is 5.11. The predicted molar refractivity (Wildman–Crippen MR) is 82.4 cm³/mol.